The Kier molecular flexibility index (Phi) is 4.98. The highest BCUT2D eigenvalue weighted by molar-refractivity contribution is 8.03. The van der Waals surface area contributed by atoms with Gasteiger partial charge in [0.05, 0.1) is 18.8 Å². The molecular formula is C19H23N3OS. The van der Waals surface area contributed by atoms with Crippen molar-refractivity contribution in [3.05, 3.63) is 47.7 Å². The fraction of sp³-hybridized carbons (Fsp3) is 0.474. The van der Waals surface area contributed by atoms with Crippen molar-refractivity contribution in [3.8, 4) is 5.40 Å². The van der Waals surface area contributed by atoms with Crippen molar-refractivity contribution in [2.75, 3.05) is 0 Å². The smallest absolute Gasteiger partial charge is 0.140 e. The van der Waals surface area contributed by atoms with Gasteiger partial charge in [0.2, 0.25) is 0 Å². The molecular weight excluding hydrogens is 318 g/mol. The zero-order valence-corrected chi connectivity index (χ0v) is 15.2. The van der Waals surface area contributed by atoms with Crippen LogP contribution in [-0.2, 0) is 16.8 Å². The SMILES string of the molecule is CC(C)(C)c1cc(SC#N)nn1[C@H]1C[C@H](OCc2ccccc2)C1. The number of hydrogen-bond donors (Lipinski definition) is 0. The van der Waals surface area contributed by atoms with Gasteiger partial charge in [-0.1, -0.05) is 51.1 Å². The van der Waals surface area contributed by atoms with Crippen molar-refractivity contribution in [3.63, 3.8) is 0 Å². The lowest BCUT2D eigenvalue weighted by atomic mass is 9.86. The summed E-state index contributed by atoms with van der Waals surface area (Å²) in [6, 6.07) is 12.7. The average Bonchev–Trinajstić information content (AvgIpc) is 2.91. The first-order valence-corrected chi connectivity index (χ1v) is 9.10. The third-order valence-electron chi connectivity index (χ3n) is 4.38. The van der Waals surface area contributed by atoms with Crippen molar-refractivity contribution in [1.82, 2.24) is 9.78 Å². The Morgan fingerprint density at radius 3 is 2.62 bits per heavy atom. The number of nitriles is 1. The maximum absolute atomic E-state index is 8.90. The molecule has 0 bridgehead atoms. The van der Waals surface area contributed by atoms with E-state index in [2.05, 4.69) is 48.1 Å². The first-order chi connectivity index (χ1) is 11.5. The van der Waals surface area contributed by atoms with Gasteiger partial charge in [-0.05, 0) is 24.5 Å². The standard InChI is InChI=1S/C19H23N3OS/c1-19(2,3)17-11-18(24-13-20)21-22(17)15-9-16(10-15)23-12-14-7-5-4-6-8-14/h4-8,11,15-16H,9-10,12H2,1-3H3/t15-,16-. The summed E-state index contributed by atoms with van der Waals surface area (Å²) in [4.78, 5) is 0. The molecule has 126 valence electrons. The van der Waals surface area contributed by atoms with Crippen LogP contribution >= 0.6 is 11.8 Å². The summed E-state index contributed by atoms with van der Waals surface area (Å²) < 4.78 is 8.11. The molecule has 0 atom stereocenters. The number of rotatable bonds is 5. The van der Waals surface area contributed by atoms with E-state index in [4.69, 9.17) is 10.00 Å². The van der Waals surface area contributed by atoms with Gasteiger partial charge in [-0.25, -0.2) is 0 Å². The second-order valence-electron chi connectivity index (χ2n) is 7.30. The Morgan fingerprint density at radius 1 is 1.29 bits per heavy atom. The van der Waals surface area contributed by atoms with Crippen LogP contribution in [0.25, 0.3) is 0 Å². The quantitative estimate of drug-likeness (QED) is 0.585. The van der Waals surface area contributed by atoms with Crippen molar-refractivity contribution in [2.24, 2.45) is 0 Å². The largest absolute Gasteiger partial charge is 0.373 e. The average molecular weight is 341 g/mol. The highest BCUT2D eigenvalue weighted by Crippen LogP contribution is 2.39. The molecule has 0 amide bonds. The second-order valence-corrected chi connectivity index (χ2v) is 8.10. The molecule has 3 rings (SSSR count). The van der Waals surface area contributed by atoms with Gasteiger partial charge in [0.1, 0.15) is 10.4 Å². The van der Waals surface area contributed by atoms with Gasteiger partial charge in [-0.3, -0.25) is 4.68 Å². The molecule has 5 heteroatoms. The molecule has 0 spiro atoms. The van der Waals surface area contributed by atoms with Crippen LogP contribution in [0, 0.1) is 10.7 Å². The molecule has 1 aromatic heterocycles. The minimum Gasteiger partial charge on any atom is -0.373 e. The Labute approximate surface area is 147 Å². The molecule has 0 radical (unpaired) electrons. The van der Waals surface area contributed by atoms with Crippen LogP contribution in [-0.4, -0.2) is 15.9 Å². The van der Waals surface area contributed by atoms with E-state index in [0.717, 1.165) is 29.6 Å². The molecule has 1 fully saturated rings. The Morgan fingerprint density at radius 2 is 2.00 bits per heavy atom. The maximum atomic E-state index is 8.90. The molecule has 1 heterocycles. The number of benzene rings is 1. The second kappa shape index (κ2) is 7.00. The van der Waals surface area contributed by atoms with Gasteiger partial charge in [0.15, 0.2) is 0 Å². The zero-order chi connectivity index (χ0) is 17.2. The lowest BCUT2D eigenvalue weighted by molar-refractivity contribution is -0.0396. The zero-order valence-electron chi connectivity index (χ0n) is 14.4. The Bertz CT molecular complexity index is 721. The highest BCUT2D eigenvalue weighted by atomic mass is 32.2. The van der Waals surface area contributed by atoms with Gasteiger partial charge in [0.25, 0.3) is 0 Å². The molecule has 4 nitrogen and oxygen atoms in total. The minimum absolute atomic E-state index is 0.0112. The van der Waals surface area contributed by atoms with Crippen molar-refractivity contribution in [1.29, 1.82) is 5.26 Å². The molecule has 1 aromatic carbocycles. The molecule has 0 unspecified atom stereocenters. The van der Waals surface area contributed by atoms with Crippen molar-refractivity contribution in [2.45, 2.75) is 62.8 Å². The van der Waals surface area contributed by atoms with Crippen LogP contribution < -0.4 is 0 Å². The molecule has 0 aliphatic heterocycles. The predicted octanol–water partition coefficient (Wildman–Crippen LogP) is 4.67. The predicted molar refractivity (Wildman–Crippen MR) is 95.7 cm³/mol. The summed E-state index contributed by atoms with van der Waals surface area (Å²) in [6.07, 6.45) is 2.25. The van der Waals surface area contributed by atoms with Crippen LogP contribution in [0.15, 0.2) is 41.4 Å². The maximum Gasteiger partial charge on any atom is 0.140 e. The van der Waals surface area contributed by atoms with Crippen LogP contribution in [0.3, 0.4) is 0 Å². The van der Waals surface area contributed by atoms with Crippen LogP contribution in [0.2, 0.25) is 0 Å². The monoisotopic (exact) mass is 341 g/mol. The fourth-order valence-corrected chi connectivity index (χ4v) is 3.36. The normalized spacial score (nSPS) is 20.4. The Balaban J connectivity index is 1.62. The topological polar surface area (TPSA) is 50.8 Å². The summed E-state index contributed by atoms with van der Waals surface area (Å²) >= 11 is 1.13. The van der Waals surface area contributed by atoms with Gasteiger partial charge >= 0.3 is 0 Å². The third kappa shape index (κ3) is 3.82. The molecule has 0 saturated heterocycles. The summed E-state index contributed by atoms with van der Waals surface area (Å²) in [5.41, 5.74) is 2.41. The minimum atomic E-state index is 0.0112. The summed E-state index contributed by atoms with van der Waals surface area (Å²) in [5.74, 6) is 0. The van der Waals surface area contributed by atoms with Crippen LogP contribution in [0.4, 0.5) is 0 Å². The van der Waals surface area contributed by atoms with Gasteiger partial charge in [0, 0.05) is 22.9 Å². The van der Waals surface area contributed by atoms with E-state index >= 15 is 0 Å². The van der Waals surface area contributed by atoms with Gasteiger partial charge < -0.3 is 4.74 Å². The van der Waals surface area contributed by atoms with E-state index in [0.29, 0.717) is 18.8 Å². The molecule has 1 saturated carbocycles. The summed E-state index contributed by atoms with van der Waals surface area (Å²) in [7, 11) is 0. The number of thiocyanates is 1. The summed E-state index contributed by atoms with van der Waals surface area (Å²) in [6.45, 7) is 7.22. The van der Waals surface area contributed by atoms with Gasteiger partial charge in [-0.2, -0.15) is 10.4 Å². The van der Waals surface area contributed by atoms with E-state index in [-0.39, 0.29) is 5.41 Å². The molecule has 1 aliphatic rings. The third-order valence-corrected chi connectivity index (χ3v) is 4.88. The molecule has 0 N–H and O–H groups in total. The first-order valence-electron chi connectivity index (χ1n) is 8.29. The van der Waals surface area contributed by atoms with Crippen molar-refractivity contribution >= 4 is 11.8 Å². The van der Waals surface area contributed by atoms with E-state index in [9.17, 15) is 0 Å². The van der Waals surface area contributed by atoms with Gasteiger partial charge in [-0.15, -0.1) is 0 Å². The van der Waals surface area contributed by atoms with E-state index in [1.807, 2.05) is 24.3 Å². The lowest BCUT2D eigenvalue weighted by Crippen LogP contribution is -2.36. The number of thioether (sulfide) groups is 1. The first kappa shape index (κ1) is 17.1. The molecule has 1 aliphatic carbocycles. The van der Waals surface area contributed by atoms with E-state index in [1.165, 1.54) is 11.3 Å². The molecule has 24 heavy (non-hydrogen) atoms. The number of ether oxygens (including phenoxy) is 1. The van der Waals surface area contributed by atoms with E-state index < -0.39 is 0 Å². The molecule has 2 aromatic rings. The van der Waals surface area contributed by atoms with E-state index in [1.54, 1.807) is 0 Å². The summed E-state index contributed by atoms with van der Waals surface area (Å²) in [5, 5.41) is 16.4. The number of nitrogens with zero attached hydrogens (tertiary/aromatic N) is 3. The number of hydrogen-bond acceptors (Lipinski definition) is 4. The Hall–Kier alpha value is -1.77. The van der Waals surface area contributed by atoms with Crippen LogP contribution in [0.1, 0.15) is 50.9 Å². The van der Waals surface area contributed by atoms with Crippen molar-refractivity contribution < 1.29 is 4.74 Å². The highest BCUT2D eigenvalue weighted by Gasteiger charge is 2.35. The lowest BCUT2D eigenvalue weighted by Gasteiger charge is -2.37. The number of aromatic nitrogens is 2. The fourth-order valence-electron chi connectivity index (χ4n) is 2.97. The van der Waals surface area contributed by atoms with Crippen LogP contribution in [0.5, 0.6) is 0 Å².